The minimum atomic E-state index is -0.297. The molecular formula is C14H22N6O. The van der Waals surface area contributed by atoms with Gasteiger partial charge in [-0.2, -0.15) is 10.2 Å². The summed E-state index contributed by atoms with van der Waals surface area (Å²) in [6.45, 7) is 7.30. The van der Waals surface area contributed by atoms with E-state index in [0.717, 1.165) is 42.9 Å². The number of likely N-dealkylation sites (N-methyl/N-ethyl adjacent to an activating group) is 1. The van der Waals surface area contributed by atoms with Gasteiger partial charge in [0.05, 0.1) is 11.9 Å². The molecule has 0 radical (unpaired) electrons. The lowest BCUT2D eigenvalue weighted by Gasteiger charge is -2.34. The van der Waals surface area contributed by atoms with Gasteiger partial charge >= 0.3 is 0 Å². The van der Waals surface area contributed by atoms with E-state index in [2.05, 4.69) is 22.1 Å². The third-order valence-corrected chi connectivity index (χ3v) is 4.31. The van der Waals surface area contributed by atoms with E-state index in [0.29, 0.717) is 0 Å². The number of aromatic nitrogens is 4. The Kier molecular flexibility index (Phi) is 3.44. The molecule has 7 nitrogen and oxygen atoms in total. The van der Waals surface area contributed by atoms with Crippen LogP contribution in [0.4, 0.5) is 0 Å². The van der Waals surface area contributed by atoms with E-state index < -0.39 is 0 Å². The quantitative estimate of drug-likeness (QED) is 0.804. The number of aryl methyl sites for hydroxylation is 2. The van der Waals surface area contributed by atoms with Gasteiger partial charge in [0, 0.05) is 33.2 Å². The molecule has 2 aromatic rings. The maximum atomic E-state index is 12.7. The van der Waals surface area contributed by atoms with E-state index in [1.807, 2.05) is 25.8 Å². The van der Waals surface area contributed by atoms with Crippen LogP contribution in [-0.2, 0) is 11.8 Å². The molecule has 1 amide bonds. The highest BCUT2D eigenvalue weighted by atomic mass is 16.2. The highest BCUT2D eigenvalue weighted by molar-refractivity contribution is 5.84. The first kappa shape index (κ1) is 14.1. The lowest BCUT2D eigenvalue weighted by molar-refractivity contribution is -0.136. The summed E-state index contributed by atoms with van der Waals surface area (Å²) in [5.41, 5.74) is 2.82. The maximum Gasteiger partial charge on any atom is 0.247 e. The van der Waals surface area contributed by atoms with Crippen LogP contribution in [0.15, 0.2) is 6.20 Å². The normalized spacial score (nSPS) is 18.4. The molecule has 0 N–H and O–H groups in total. The largest absolute Gasteiger partial charge is 0.338 e. The zero-order valence-corrected chi connectivity index (χ0v) is 13.1. The Morgan fingerprint density at radius 2 is 1.90 bits per heavy atom. The lowest BCUT2D eigenvalue weighted by atomic mass is 10.2. The van der Waals surface area contributed by atoms with Gasteiger partial charge in [0.1, 0.15) is 17.1 Å². The summed E-state index contributed by atoms with van der Waals surface area (Å²) in [5.74, 6) is 0.136. The third-order valence-electron chi connectivity index (χ3n) is 4.31. The lowest BCUT2D eigenvalue weighted by Crippen LogP contribution is -2.49. The Hall–Kier alpha value is -1.89. The van der Waals surface area contributed by atoms with Crippen molar-refractivity contribution in [3.8, 4) is 0 Å². The predicted octanol–water partition coefficient (Wildman–Crippen LogP) is 0.413. The molecule has 21 heavy (non-hydrogen) atoms. The molecule has 0 unspecified atom stereocenters. The molecule has 3 heterocycles. The topological polar surface area (TPSA) is 59.2 Å². The van der Waals surface area contributed by atoms with Gasteiger partial charge in [-0.15, -0.1) is 0 Å². The summed E-state index contributed by atoms with van der Waals surface area (Å²) in [7, 11) is 3.98. The van der Waals surface area contributed by atoms with Gasteiger partial charge in [-0.25, -0.2) is 4.68 Å². The van der Waals surface area contributed by atoms with Gasteiger partial charge in [-0.3, -0.25) is 9.48 Å². The first-order valence-electron chi connectivity index (χ1n) is 7.33. The van der Waals surface area contributed by atoms with Crippen molar-refractivity contribution in [2.75, 3.05) is 33.2 Å². The molecule has 2 aromatic heterocycles. The first-order valence-corrected chi connectivity index (χ1v) is 7.33. The number of rotatable bonds is 2. The van der Waals surface area contributed by atoms with Gasteiger partial charge in [0.2, 0.25) is 5.91 Å². The number of hydrogen-bond donors (Lipinski definition) is 0. The second-order valence-electron chi connectivity index (χ2n) is 5.84. The van der Waals surface area contributed by atoms with Crippen LogP contribution in [0.3, 0.4) is 0 Å². The first-order chi connectivity index (χ1) is 9.99. The minimum Gasteiger partial charge on any atom is -0.338 e. The van der Waals surface area contributed by atoms with Crippen LogP contribution < -0.4 is 0 Å². The average Bonchev–Trinajstić information content (AvgIpc) is 3.01. The van der Waals surface area contributed by atoms with Gasteiger partial charge in [-0.1, -0.05) is 0 Å². The maximum absolute atomic E-state index is 12.7. The van der Waals surface area contributed by atoms with E-state index in [-0.39, 0.29) is 11.9 Å². The summed E-state index contributed by atoms with van der Waals surface area (Å²) in [4.78, 5) is 16.9. The van der Waals surface area contributed by atoms with E-state index in [1.54, 1.807) is 15.6 Å². The molecule has 1 saturated heterocycles. The molecule has 1 atom stereocenters. The van der Waals surface area contributed by atoms with Crippen LogP contribution in [0.1, 0.15) is 18.7 Å². The zero-order chi connectivity index (χ0) is 15.1. The van der Waals surface area contributed by atoms with Crippen LogP contribution in [0.25, 0.3) is 11.0 Å². The average molecular weight is 290 g/mol. The van der Waals surface area contributed by atoms with E-state index in [9.17, 15) is 4.79 Å². The van der Waals surface area contributed by atoms with E-state index in [1.165, 1.54) is 0 Å². The van der Waals surface area contributed by atoms with Crippen molar-refractivity contribution < 1.29 is 4.79 Å². The summed E-state index contributed by atoms with van der Waals surface area (Å²) in [6.07, 6.45) is 1.78. The Balaban J connectivity index is 1.86. The van der Waals surface area contributed by atoms with Crippen molar-refractivity contribution in [3.05, 3.63) is 11.9 Å². The molecule has 0 saturated carbocycles. The summed E-state index contributed by atoms with van der Waals surface area (Å²) in [5, 5.41) is 8.80. The molecule has 1 aliphatic heterocycles. The van der Waals surface area contributed by atoms with Crippen molar-refractivity contribution >= 4 is 16.9 Å². The highest BCUT2D eigenvalue weighted by Crippen LogP contribution is 2.22. The van der Waals surface area contributed by atoms with Gasteiger partial charge < -0.3 is 9.80 Å². The van der Waals surface area contributed by atoms with Crippen molar-refractivity contribution in [2.45, 2.75) is 19.9 Å². The molecule has 1 aliphatic rings. The smallest absolute Gasteiger partial charge is 0.247 e. The number of hydrogen-bond acceptors (Lipinski definition) is 4. The molecule has 0 aliphatic carbocycles. The second-order valence-corrected chi connectivity index (χ2v) is 5.84. The van der Waals surface area contributed by atoms with Gasteiger partial charge in [0.25, 0.3) is 0 Å². The molecule has 0 spiro atoms. The number of nitrogens with zero attached hydrogens (tertiary/aromatic N) is 6. The summed E-state index contributed by atoms with van der Waals surface area (Å²) in [6, 6.07) is -0.297. The van der Waals surface area contributed by atoms with Crippen LogP contribution in [0.5, 0.6) is 0 Å². The number of carbonyl (C=O) groups excluding carboxylic acids is 1. The molecule has 0 bridgehead atoms. The van der Waals surface area contributed by atoms with E-state index >= 15 is 0 Å². The fourth-order valence-electron chi connectivity index (χ4n) is 2.96. The monoisotopic (exact) mass is 290 g/mol. The number of amides is 1. The summed E-state index contributed by atoms with van der Waals surface area (Å²) < 4.78 is 3.61. The number of piperazine rings is 1. The predicted molar refractivity (Wildman–Crippen MR) is 80.0 cm³/mol. The fourth-order valence-corrected chi connectivity index (χ4v) is 2.96. The molecule has 0 aromatic carbocycles. The SMILES string of the molecule is Cc1nn(C)c2cnn([C@@H](C)C(=O)N3CCN(C)CC3)c12. The van der Waals surface area contributed by atoms with Crippen LogP contribution in [0, 0.1) is 6.92 Å². The van der Waals surface area contributed by atoms with Crippen LogP contribution >= 0.6 is 0 Å². The van der Waals surface area contributed by atoms with Crippen LogP contribution in [0.2, 0.25) is 0 Å². The van der Waals surface area contributed by atoms with Crippen molar-refractivity contribution in [2.24, 2.45) is 7.05 Å². The van der Waals surface area contributed by atoms with Crippen molar-refractivity contribution in [1.29, 1.82) is 0 Å². The van der Waals surface area contributed by atoms with Crippen LogP contribution in [-0.4, -0.2) is 68.5 Å². The number of fused-ring (bicyclic) bond motifs is 1. The van der Waals surface area contributed by atoms with Gasteiger partial charge in [0.15, 0.2) is 0 Å². The third kappa shape index (κ3) is 2.31. The second kappa shape index (κ2) is 5.14. The zero-order valence-electron chi connectivity index (χ0n) is 13.1. The molecule has 1 fully saturated rings. The minimum absolute atomic E-state index is 0.136. The Bertz CT molecular complexity index is 664. The highest BCUT2D eigenvalue weighted by Gasteiger charge is 2.27. The molecule has 114 valence electrons. The Morgan fingerprint density at radius 3 is 2.57 bits per heavy atom. The number of carbonyl (C=O) groups is 1. The van der Waals surface area contributed by atoms with Crippen molar-refractivity contribution in [3.63, 3.8) is 0 Å². The molecular weight excluding hydrogens is 268 g/mol. The van der Waals surface area contributed by atoms with Crippen molar-refractivity contribution in [1.82, 2.24) is 29.4 Å². The summed E-state index contributed by atoms with van der Waals surface area (Å²) >= 11 is 0. The van der Waals surface area contributed by atoms with Gasteiger partial charge in [-0.05, 0) is 20.9 Å². The fraction of sp³-hybridized carbons (Fsp3) is 0.643. The Labute approximate surface area is 124 Å². The van der Waals surface area contributed by atoms with E-state index in [4.69, 9.17) is 0 Å². The standard InChI is InChI=1S/C14H22N6O/c1-10-13-12(18(4)16-10)9-15-20(13)11(2)14(21)19-7-5-17(3)6-8-19/h9,11H,5-8H2,1-4H3/t11-/m0/s1. The molecule has 3 rings (SSSR count). The Morgan fingerprint density at radius 1 is 1.24 bits per heavy atom. The molecule has 7 heteroatoms.